The number of hydrogen-bond donors (Lipinski definition) is 3. The first-order valence-corrected chi connectivity index (χ1v) is 6.00. The van der Waals surface area contributed by atoms with Crippen LogP contribution in [0.25, 0.3) is 0 Å². The SMILES string of the molecule is O=C(O)c1cccc(CNC(=O)[C@@H]2CCCN2)c1. The highest BCUT2D eigenvalue weighted by Gasteiger charge is 2.21. The Morgan fingerprint density at radius 1 is 1.44 bits per heavy atom. The maximum Gasteiger partial charge on any atom is 0.335 e. The number of carbonyl (C=O) groups is 2. The monoisotopic (exact) mass is 248 g/mol. The fourth-order valence-corrected chi connectivity index (χ4v) is 2.04. The van der Waals surface area contributed by atoms with E-state index >= 15 is 0 Å². The summed E-state index contributed by atoms with van der Waals surface area (Å²) in [7, 11) is 0. The quantitative estimate of drug-likeness (QED) is 0.735. The third-order valence-electron chi connectivity index (χ3n) is 3.02. The molecule has 1 saturated heterocycles. The van der Waals surface area contributed by atoms with Crippen LogP contribution in [0.15, 0.2) is 24.3 Å². The predicted molar refractivity (Wildman–Crippen MR) is 66.3 cm³/mol. The predicted octanol–water partition coefficient (Wildman–Crippen LogP) is 0.753. The molecular formula is C13H16N2O3. The Morgan fingerprint density at radius 2 is 2.28 bits per heavy atom. The standard InChI is InChI=1S/C13H16N2O3/c16-12(11-5-2-6-14-11)15-8-9-3-1-4-10(7-9)13(17)18/h1,3-4,7,11,14H,2,5-6,8H2,(H,15,16)(H,17,18)/t11-/m0/s1. The highest BCUT2D eigenvalue weighted by Crippen LogP contribution is 2.07. The Balaban J connectivity index is 1.91. The molecule has 2 rings (SSSR count). The van der Waals surface area contributed by atoms with Gasteiger partial charge in [-0.25, -0.2) is 4.79 Å². The molecule has 1 amide bonds. The second-order valence-corrected chi connectivity index (χ2v) is 4.37. The summed E-state index contributed by atoms with van der Waals surface area (Å²) in [6, 6.07) is 6.48. The van der Waals surface area contributed by atoms with E-state index in [1.165, 1.54) is 6.07 Å². The zero-order valence-corrected chi connectivity index (χ0v) is 9.98. The van der Waals surface area contributed by atoms with Crippen molar-refractivity contribution in [3.05, 3.63) is 35.4 Å². The molecule has 1 aromatic rings. The summed E-state index contributed by atoms with van der Waals surface area (Å²) in [4.78, 5) is 22.6. The van der Waals surface area contributed by atoms with Crippen LogP contribution < -0.4 is 10.6 Å². The first kappa shape index (κ1) is 12.6. The van der Waals surface area contributed by atoms with E-state index in [0.29, 0.717) is 6.54 Å². The number of nitrogens with one attached hydrogen (secondary N) is 2. The van der Waals surface area contributed by atoms with Crippen molar-refractivity contribution in [2.75, 3.05) is 6.54 Å². The number of amides is 1. The van der Waals surface area contributed by atoms with Gasteiger partial charge < -0.3 is 15.7 Å². The van der Waals surface area contributed by atoms with Gasteiger partial charge in [0.1, 0.15) is 0 Å². The molecule has 1 aliphatic heterocycles. The van der Waals surface area contributed by atoms with E-state index in [4.69, 9.17) is 5.11 Å². The van der Waals surface area contributed by atoms with Gasteiger partial charge in [0.25, 0.3) is 0 Å². The van der Waals surface area contributed by atoms with E-state index in [1.54, 1.807) is 18.2 Å². The molecule has 0 spiro atoms. The van der Waals surface area contributed by atoms with Crippen LogP contribution in [0.5, 0.6) is 0 Å². The molecule has 5 nitrogen and oxygen atoms in total. The molecule has 0 radical (unpaired) electrons. The molecule has 1 aromatic carbocycles. The lowest BCUT2D eigenvalue weighted by atomic mass is 10.1. The van der Waals surface area contributed by atoms with E-state index in [9.17, 15) is 9.59 Å². The molecule has 5 heteroatoms. The second-order valence-electron chi connectivity index (χ2n) is 4.37. The van der Waals surface area contributed by atoms with Crippen molar-refractivity contribution in [2.45, 2.75) is 25.4 Å². The third-order valence-corrected chi connectivity index (χ3v) is 3.02. The number of hydrogen-bond acceptors (Lipinski definition) is 3. The number of benzene rings is 1. The van der Waals surface area contributed by atoms with Crippen LogP contribution in [-0.4, -0.2) is 29.6 Å². The molecule has 0 aliphatic carbocycles. The van der Waals surface area contributed by atoms with Gasteiger partial charge in [-0.2, -0.15) is 0 Å². The molecule has 1 fully saturated rings. The topological polar surface area (TPSA) is 78.4 Å². The van der Waals surface area contributed by atoms with Crippen LogP contribution >= 0.6 is 0 Å². The van der Waals surface area contributed by atoms with Gasteiger partial charge in [-0.3, -0.25) is 4.79 Å². The average Bonchev–Trinajstić information content (AvgIpc) is 2.90. The van der Waals surface area contributed by atoms with Crippen LogP contribution in [0.1, 0.15) is 28.8 Å². The van der Waals surface area contributed by atoms with Crippen molar-refractivity contribution < 1.29 is 14.7 Å². The Kier molecular flexibility index (Phi) is 3.94. The molecule has 0 bridgehead atoms. The van der Waals surface area contributed by atoms with Gasteiger partial charge in [-0.15, -0.1) is 0 Å². The van der Waals surface area contributed by atoms with Crippen molar-refractivity contribution >= 4 is 11.9 Å². The minimum atomic E-state index is -0.958. The number of carboxylic acid groups (broad SMARTS) is 1. The number of aromatic carboxylic acids is 1. The maximum atomic E-state index is 11.7. The lowest BCUT2D eigenvalue weighted by molar-refractivity contribution is -0.122. The summed E-state index contributed by atoms with van der Waals surface area (Å²) in [6.07, 6.45) is 1.88. The largest absolute Gasteiger partial charge is 0.478 e. The molecule has 18 heavy (non-hydrogen) atoms. The normalized spacial score (nSPS) is 18.6. The second kappa shape index (κ2) is 5.64. The van der Waals surface area contributed by atoms with Gasteiger partial charge in [0.05, 0.1) is 11.6 Å². The molecule has 1 atom stereocenters. The molecule has 96 valence electrons. The Labute approximate surface area is 105 Å². The van der Waals surface area contributed by atoms with Crippen molar-refractivity contribution in [1.29, 1.82) is 0 Å². The van der Waals surface area contributed by atoms with Crippen molar-refractivity contribution in [3.63, 3.8) is 0 Å². The highest BCUT2D eigenvalue weighted by molar-refractivity contribution is 5.87. The maximum absolute atomic E-state index is 11.7. The van der Waals surface area contributed by atoms with Gasteiger partial charge >= 0.3 is 5.97 Å². The minimum absolute atomic E-state index is 0.0202. The molecule has 1 heterocycles. The summed E-state index contributed by atoms with van der Waals surface area (Å²) in [5, 5.41) is 14.8. The van der Waals surface area contributed by atoms with Gasteiger partial charge in [-0.05, 0) is 37.1 Å². The van der Waals surface area contributed by atoms with Crippen LogP contribution in [0.3, 0.4) is 0 Å². The van der Waals surface area contributed by atoms with Crippen LogP contribution in [0.2, 0.25) is 0 Å². The van der Waals surface area contributed by atoms with Crippen molar-refractivity contribution in [2.24, 2.45) is 0 Å². The summed E-state index contributed by atoms with van der Waals surface area (Å²) in [5.41, 5.74) is 1.03. The van der Waals surface area contributed by atoms with Crippen LogP contribution in [0, 0.1) is 0 Å². The van der Waals surface area contributed by atoms with E-state index in [-0.39, 0.29) is 17.5 Å². The van der Waals surface area contributed by atoms with Crippen molar-refractivity contribution in [1.82, 2.24) is 10.6 Å². The average molecular weight is 248 g/mol. The molecular weight excluding hydrogens is 232 g/mol. The highest BCUT2D eigenvalue weighted by atomic mass is 16.4. The van der Waals surface area contributed by atoms with Crippen molar-refractivity contribution in [3.8, 4) is 0 Å². The zero-order valence-electron chi connectivity index (χ0n) is 9.98. The smallest absolute Gasteiger partial charge is 0.335 e. The lowest BCUT2D eigenvalue weighted by Gasteiger charge is -2.11. The molecule has 3 N–H and O–H groups in total. The summed E-state index contributed by atoms with van der Waals surface area (Å²) >= 11 is 0. The first-order valence-electron chi connectivity index (χ1n) is 6.00. The summed E-state index contributed by atoms with van der Waals surface area (Å²) < 4.78 is 0. The minimum Gasteiger partial charge on any atom is -0.478 e. The van der Waals surface area contributed by atoms with Crippen LogP contribution in [-0.2, 0) is 11.3 Å². The van der Waals surface area contributed by atoms with E-state index < -0.39 is 5.97 Å². The number of carbonyl (C=O) groups excluding carboxylic acids is 1. The Bertz CT molecular complexity index is 453. The Morgan fingerprint density at radius 3 is 2.94 bits per heavy atom. The fourth-order valence-electron chi connectivity index (χ4n) is 2.04. The molecule has 0 unspecified atom stereocenters. The first-order chi connectivity index (χ1) is 8.66. The zero-order chi connectivity index (χ0) is 13.0. The third kappa shape index (κ3) is 3.07. The van der Waals surface area contributed by atoms with E-state index in [2.05, 4.69) is 10.6 Å². The fraction of sp³-hybridized carbons (Fsp3) is 0.385. The number of rotatable bonds is 4. The van der Waals surface area contributed by atoms with Gasteiger partial charge in [0, 0.05) is 6.54 Å². The number of carboxylic acids is 1. The summed E-state index contributed by atoms with van der Waals surface area (Å²) in [6.45, 7) is 1.24. The molecule has 1 aliphatic rings. The molecule has 0 saturated carbocycles. The lowest BCUT2D eigenvalue weighted by Crippen LogP contribution is -2.40. The van der Waals surface area contributed by atoms with E-state index in [0.717, 1.165) is 24.9 Å². The van der Waals surface area contributed by atoms with E-state index in [1.807, 2.05) is 0 Å². The molecule has 0 aromatic heterocycles. The van der Waals surface area contributed by atoms with Gasteiger partial charge in [0.15, 0.2) is 0 Å². The Hall–Kier alpha value is -1.88. The summed E-state index contributed by atoms with van der Waals surface area (Å²) in [5.74, 6) is -0.978. The van der Waals surface area contributed by atoms with Gasteiger partial charge in [-0.1, -0.05) is 12.1 Å². The van der Waals surface area contributed by atoms with Crippen LogP contribution in [0.4, 0.5) is 0 Å². The van der Waals surface area contributed by atoms with Gasteiger partial charge in [0.2, 0.25) is 5.91 Å².